The van der Waals surface area contributed by atoms with E-state index in [1.807, 2.05) is 6.07 Å². The molecule has 0 unspecified atom stereocenters. The second-order valence-corrected chi connectivity index (χ2v) is 6.32. The Morgan fingerprint density at radius 1 is 1.28 bits per heavy atom. The van der Waals surface area contributed by atoms with E-state index in [-0.39, 0.29) is 0 Å². The summed E-state index contributed by atoms with van der Waals surface area (Å²) in [4.78, 5) is 6.99. The lowest BCUT2D eigenvalue weighted by Gasteiger charge is -2.39. The van der Waals surface area contributed by atoms with Crippen molar-refractivity contribution in [3.8, 4) is 0 Å². The Bertz CT molecular complexity index is 387. The van der Waals surface area contributed by atoms with Crippen LogP contribution < -0.4 is 10.6 Å². The Morgan fingerprint density at radius 3 is 2.50 bits per heavy atom. The molecular weight excluding hydrogens is 222 g/mol. The number of rotatable bonds is 2. The zero-order chi connectivity index (χ0) is 13.2. The fourth-order valence-electron chi connectivity index (χ4n) is 2.73. The van der Waals surface area contributed by atoms with E-state index in [0.29, 0.717) is 12.0 Å². The van der Waals surface area contributed by atoms with Crippen molar-refractivity contribution in [3.63, 3.8) is 0 Å². The van der Waals surface area contributed by atoms with Gasteiger partial charge in [-0.15, -0.1) is 0 Å². The molecule has 3 nitrogen and oxygen atoms in total. The van der Waals surface area contributed by atoms with Gasteiger partial charge in [-0.1, -0.05) is 26.8 Å². The highest BCUT2D eigenvalue weighted by atomic mass is 15.2. The van der Waals surface area contributed by atoms with Crippen LogP contribution in [-0.4, -0.2) is 18.1 Å². The number of nitrogens with zero attached hydrogens (tertiary/aromatic N) is 2. The molecule has 0 amide bonds. The molecule has 0 atom stereocenters. The number of anilines is 1. The van der Waals surface area contributed by atoms with Gasteiger partial charge in [-0.3, -0.25) is 0 Å². The molecule has 2 rings (SSSR count). The van der Waals surface area contributed by atoms with Crippen LogP contribution >= 0.6 is 0 Å². The van der Waals surface area contributed by atoms with E-state index >= 15 is 0 Å². The molecule has 0 saturated carbocycles. The van der Waals surface area contributed by atoms with Gasteiger partial charge in [0.05, 0.1) is 5.69 Å². The minimum Gasteiger partial charge on any atom is -0.357 e. The van der Waals surface area contributed by atoms with Gasteiger partial charge in [-0.25, -0.2) is 4.98 Å². The summed E-state index contributed by atoms with van der Waals surface area (Å²) >= 11 is 0. The number of nitrogens with two attached hydrogens (primary N) is 1. The molecule has 1 fully saturated rings. The van der Waals surface area contributed by atoms with Crippen LogP contribution in [0.25, 0.3) is 0 Å². The van der Waals surface area contributed by atoms with Gasteiger partial charge >= 0.3 is 0 Å². The molecule has 0 radical (unpaired) electrons. The van der Waals surface area contributed by atoms with E-state index in [1.54, 1.807) is 0 Å². The van der Waals surface area contributed by atoms with Crippen molar-refractivity contribution in [2.45, 2.75) is 40.2 Å². The minimum absolute atomic E-state index is 0.429. The van der Waals surface area contributed by atoms with Crippen LogP contribution in [0.1, 0.15) is 39.3 Å². The van der Waals surface area contributed by atoms with Gasteiger partial charge < -0.3 is 10.6 Å². The van der Waals surface area contributed by atoms with Gasteiger partial charge in [0, 0.05) is 19.6 Å². The largest absolute Gasteiger partial charge is 0.357 e. The van der Waals surface area contributed by atoms with Crippen LogP contribution in [0.5, 0.6) is 0 Å². The third-order valence-corrected chi connectivity index (χ3v) is 4.04. The van der Waals surface area contributed by atoms with Crippen molar-refractivity contribution >= 4 is 5.82 Å². The summed E-state index contributed by atoms with van der Waals surface area (Å²) in [6.07, 6.45) is 2.52. The smallest absolute Gasteiger partial charge is 0.128 e. The average molecular weight is 247 g/mol. The number of hydrogen-bond donors (Lipinski definition) is 1. The Kier molecular flexibility index (Phi) is 3.91. The molecule has 1 aliphatic rings. The van der Waals surface area contributed by atoms with Crippen LogP contribution in [0.2, 0.25) is 0 Å². The molecule has 18 heavy (non-hydrogen) atoms. The lowest BCUT2D eigenvalue weighted by Crippen LogP contribution is -2.38. The first-order valence-corrected chi connectivity index (χ1v) is 6.91. The molecule has 3 heteroatoms. The van der Waals surface area contributed by atoms with Crippen molar-refractivity contribution in [2.75, 3.05) is 18.0 Å². The Morgan fingerprint density at radius 2 is 1.94 bits per heavy atom. The van der Waals surface area contributed by atoms with Crippen molar-refractivity contribution < 1.29 is 0 Å². The maximum Gasteiger partial charge on any atom is 0.128 e. The monoisotopic (exact) mass is 247 g/mol. The fourth-order valence-corrected chi connectivity index (χ4v) is 2.73. The number of pyridine rings is 1. The predicted octanol–water partition coefficient (Wildman–Crippen LogP) is 2.80. The van der Waals surface area contributed by atoms with Gasteiger partial charge in [0.15, 0.2) is 0 Å². The molecule has 0 aromatic carbocycles. The Labute approximate surface area is 110 Å². The molecule has 0 bridgehead atoms. The lowest BCUT2D eigenvalue weighted by molar-refractivity contribution is 0.198. The summed E-state index contributed by atoms with van der Waals surface area (Å²) < 4.78 is 0. The predicted molar refractivity (Wildman–Crippen MR) is 76.5 cm³/mol. The van der Waals surface area contributed by atoms with Crippen molar-refractivity contribution in [2.24, 2.45) is 17.1 Å². The van der Waals surface area contributed by atoms with E-state index < -0.39 is 0 Å². The maximum atomic E-state index is 5.65. The molecule has 0 aliphatic carbocycles. The second kappa shape index (κ2) is 5.27. The topological polar surface area (TPSA) is 42.1 Å². The van der Waals surface area contributed by atoms with Crippen LogP contribution in [0.3, 0.4) is 0 Å². The van der Waals surface area contributed by atoms with Crippen molar-refractivity contribution in [1.29, 1.82) is 0 Å². The normalized spacial score (nSPS) is 18.1. The van der Waals surface area contributed by atoms with Gasteiger partial charge in [0.1, 0.15) is 5.82 Å². The highest BCUT2D eigenvalue weighted by Crippen LogP contribution is 2.35. The average Bonchev–Trinajstić information content (AvgIpc) is 2.38. The van der Waals surface area contributed by atoms with Crippen LogP contribution in [0.15, 0.2) is 18.2 Å². The summed E-state index contributed by atoms with van der Waals surface area (Å²) in [7, 11) is 0. The minimum atomic E-state index is 0.429. The van der Waals surface area contributed by atoms with Gasteiger partial charge in [0.2, 0.25) is 0 Å². The molecule has 1 saturated heterocycles. The standard InChI is InChI=1S/C15H25N3/c1-15(2,3)12-7-9-18(10-8-12)14-6-4-5-13(11-16)17-14/h4-6,12H,7-11,16H2,1-3H3. The first-order chi connectivity index (χ1) is 8.50. The van der Waals surface area contributed by atoms with Gasteiger partial charge in [0.25, 0.3) is 0 Å². The van der Waals surface area contributed by atoms with Crippen molar-refractivity contribution in [3.05, 3.63) is 23.9 Å². The molecule has 1 aromatic heterocycles. The van der Waals surface area contributed by atoms with Crippen LogP contribution in [-0.2, 0) is 6.54 Å². The summed E-state index contributed by atoms with van der Waals surface area (Å²) in [5, 5.41) is 0. The van der Waals surface area contributed by atoms with E-state index in [9.17, 15) is 0 Å². The molecular formula is C15H25N3. The summed E-state index contributed by atoms with van der Waals surface area (Å²) in [6.45, 7) is 9.79. The zero-order valence-corrected chi connectivity index (χ0v) is 11.8. The van der Waals surface area contributed by atoms with E-state index in [2.05, 4.69) is 42.8 Å². The fraction of sp³-hybridized carbons (Fsp3) is 0.667. The van der Waals surface area contributed by atoms with Gasteiger partial charge in [-0.05, 0) is 36.3 Å². The van der Waals surface area contributed by atoms with E-state index in [1.165, 1.54) is 12.8 Å². The third kappa shape index (κ3) is 3.02. The Balaban J connectivity index is 2.01. The number of hydrogen-bond acceptors (Lipinski definition) is 3. The molecule has 2 heterocycles. The number of aromatic nitrogens is 1. The van der Waals surface area contributed by atoms with Crippen LogP contribution in [0.4, 0.5) is 5.82 Å². The number of piperidine rings is 1. The summed E-state index contributed by atoms with van der Waals surface area (Å²) in [5.41, 5.74) is 7.05. The van der Waals surface area contributed by atoms with Crippen molar-refractivity contribution in [1.82, 2.24) is 4.98 Å². The maximum absolute atomic E-state index is 5.65. The third-order valence-electron chi connectivity index (χ3n) is 4.04. The molecule has 1 aromatic rings. The summed E-state index contributed by atoms with van der Waals surface area (Å²) in [6, 6.07) is 6.14. The highest BCUT2D eigenvalue weighted by molar-refractivity contribution is 5.39. The van der Waals surface area contributed by atoms with Gasteiger partial charge in [-0.2, -0.15) is 0 Å². The Hall–Kier alpha value is -1.09. The molecule has 1 aliphatic heterocycles. The molecule has 2 N–H and O–H groups in total. The SMILES string of the molecule is CC(C)(C)C1CCN(c2cccc(CN)n2)CC1. The summed E-state index contributed by atoms with van der Waals surface area (Å²) in [5.74, 6) is 1.91. The highest BCUT2D eigenvalue weighted by Gasteiger charge is 2.29. The molecule has 0 spiro atoms. The van der Waals surface area contributed by atoms with E-state index in [4.69, 9.17) is 5.73 Å². The second-order valence-electron chi connectivity index (χ2n) is 6.32. The first-order valence-electron chi connectivity index (χ1n) is 6.91. The molecule has 100 valence electrons. The van der Waals surface area contributed by atoms with E-state index in [0.717, 1.165) is 30.5 Å². The zero-order valence-electron chi connectivity index (χ0n) is 11.8. The lowest BCUT2D eigenvalue weighted by atomic mass is 9.75. The first kappa shape index (κ1) is 13.3. The quantitative estimate of drug-likeness (QED) is 0.874. The van der Waals surface area contributed by atoms with Crippen LogP contribution in [0, 0.1) is 11.3 Å².